The summed E-state index contributed by atoms with van der Waals surface area (Å²) < 4.78 is 13.1. The van der Waals surface area contributed by atoms with E-state index in [2.05, 4.69) is 15.3 Å². The van der Waals surface area contributed by atoms with Gasteiger partial charge in [-0.1, -0.05) is 12.1 Å². The molecule has 0 aliphatic carbocycles. The molecule has 0 aliphatic rings. The molecule has 39 heavy (non-hydrogen) atoms. The minimum atomic E-state index is -0.549. The number of para-hydroxylation sites is 2. The Morgan fingerprint density at radius 2 is 1.85 bits per heavy atom. The van der Waals surface area contributed by atoms with Gasteiger partial charge in [-0.3, -0.25) is 0 Å². The van der Waals surface area contributed by atoms with Gasteiger partial charge in [-0.25, -0.2) is 19.7 Å². The molecule has 0 unspecified atom stereocenters. The average molecular weight is 533 g/mol. The SMILES string of the molecule is COc1cc(N(C)CCN(C)C(=O)OC(C)(C)C)c(N)cc1Nc1nccc(-c2nc3ccccc3n2C)n1. The first kappa shape index (κ1) is 27.5. The Kier molecular flexibility index (Phi) is 7.80. The number of nitrogens with one attached hydrogen (secondary N) is 1. The van der Waals surface area contributed by atoms with Gasteiger partial charge in [-0.05, 0) is 45.0 Å². The number of carbonyl (C=O) groups is 1. The number of hydrogen-bond acceptors (Lipinski definition) is 9. The van der Waals surface area contributed by atoms with Crippen LogP contribution in [0.25, 0.3) is 22.6 Å². The summed E-state index contributed by atoms with van der Waals surface area (Å²) in [5.74, 6) is 1.70. The normalized spacial score (nSPS) is 11.4. The molecule has 206 valence electrons. The number of ether oxygens (including phenoxy) is 2. The fourth-order valence-electron chi connectivity index (χ4n) is 4.07. The van der Waals surface area contributed by atoms with Crippen LogP contribution in [0.1, 0.15) is 20.8 Å². The average Bonchev–Trinajstić information content (AvgIpc) is 3.23. The Hall–Kier alpha value is -4.54. The maximum Gasteiger partial charge on any atom is 0.410 e. The van der Waals surface area contributed by atoms with E-state index in [0.717, 1.165) is 22.5 Å². The van der Waals surface area contributed by atoms with Gasteiger partial charge in [0.05, 0.1) is 35.2 Å². The Bertz CT molecular complexity index is 1480. The zero-order valence-corrected chi connectivity index (χ0v) is 23.5. The molecule has 0 spiro atoms. The van der Waals surface area contributed by atoms with Crippen molar-refractivity contribution in [1.29, 1.82) is 0 Å². The molecule has 0 atom stereocenters. The van der Waals surface area contributed by atoms with E-state index in [1.807, 2.05) is 80.7 Å². The fourth-order valence-corrected chi connectivity index (χ4v) is 4.07. The summed E-state index contributed by atoms with van der Waals surface area (Å²) >= 11 is 0. The van der Waals surface area contributed by atoms with Crippen molar-refractivity contribution in [2.45, 2.75) is 26.4 Å². The summed E-state index contributed by atoms with van der Waals surface area (Å²) in [5, 5.41) is 3.23. The van der Waals surface area contributed by atoms with Crippen molar-refractivity contribution in [3.8, 4) is 17.3 Å². The quantitative estimate of drug-likeness (QED) is 0.312. The number of aryl methyl sites for hydroxylation is 1. The summed E-state index contributed by atoms with van der Waals surface area (Å²) in [6.07, 6.45) is 1.31. The van der Waals surface area contributed by atoms with E-state index in [-0.39, 0.29) is 6.09 Å². The largest absolute Gasteiger partial charge is 0.494 e. The molecule has 0 saturated carbocycles. The number of rotatable bonds is 8. The van der Waals surface area contributed by atoms with E-state index in [1.165, 1.54) is 0 Å². The summed E-state index contributed by atoms with van der Waals surface area (Å²) in [4.78, 5) is 29.6. The number of amides is 1. The first-order valence-corrected chi connectivity index (χ1v) is 12.6. The van der Waals surface area contributed by atoms with Gasteiger partial charge in [0, 0.05) is 46.5 Å². The standard InChI is InChI=1S/C28H36N8O3/c1-28(2,3)39-27(37)35(5)15-14-34(4)23-17-24(38-7)21(16-18(23)29)33-26-30-13-12-20(32-26)25-31-19-10-8-9-11-22(19)36(25)6/h8-13,16-17H,14-15,29H2,1-7H3,(H,30,32,33). The Balaban J connectivity index is 1.51. The number of aromatic nitrogens is 4. The zero-order chi connectivity index (χ0) is 28.3. The van der Waals surface area contributed by atoms with E-state index < -0.39 is 5.60 Å². The third kappa shape index (κ3) is 6.31. The number of methoxy groups -OCH3 is 1. The molecule has 11 heteroatoms. The van der Waals surface area contributed by atoms with Gasteiger partial charge in [0.15, 0.2) is 5.82 Å². The van der Waals surface area contributed by atoms with E-state index >= 15 is 0 Å². The van der Waals surface area contributed by atoms with Crippen LogP contribution >= 0.6 is 0 Å². The molecule has 0 bridgehead atoms. The maximum atomic E-state index is 12.3. The van der Waals surface area contributed by atoms with E-state index in [9.17, 15) is 4.79 Å². The molecule has 0 radical (unpaired) electrons. The number of fused-ring (bicyclic) bond motifs is 1. The highest BCUT2D eigenvalue weighted by molar-refractivity contribution is 5.81. The van der Waals surface area contributed by atoms with E-state index in [1.54, 1.807) is 31.3 Å². The highest BCUT2D eigenvalue weighted by Gasteiger charge is 2.20. The van der Waals surface area contributed by atoms with Crippen molar-refractivity contribution >= 4 is 40.1 Å². The molecule has 4 rings (SSSR count). The van der Waals surface area contributed by atoms with Crippen LogP contribution in [0.15, 0.2) is 48.7 Å². The van der Waals surface area contributed by atoms with Crippen molar-refractivity contribution in [2.24, 2.45) is 7.05 Å². The first-order valence-electron chi connectivity index (χ1n) is 12.6. The molecular weight excluding hydrogens is 496 g/mol. The van der Waals surface area contributed by atoms with Gasteiger partial charge in [-0.2, -0.15) is 0 Å². The molecule has 3 N–H and O–H groups in total. The topological polar surface area (TPSA) is 124 Å². The lowest BCUT2D eigenvalue weighted by molar-refractivity contribution is 0.0303. The third-order valence-electron chi connectivity index (χ3n) is 6.15. The zero-order valence-electron chi connectivity index (χ0n) is 23.5. The van der Waals surface area contributed by atoms with Crippen LogP contribution in [0.2, 0.25) is 0 Å². The van der Waals surface area contributed by atoms with Crippen LogP contribution in [0.4, 0.5) is 27.8 Å². The van der Waals surface area contributed by atoms with Crippen LogP contribution < -0.4 is 20.7 Å². The van der Waals surface area contributed by atoms with Gasteiger partial charge >= 0.3 is 6.09 Å². The molecule has 0 saturated heterocycles. The minimum absolute atomic E-state index is 0.373. The second-order valence-corrected chi connectivity index (χ2v) is 10.3. The van der Waals surface area contributed by atoms with Crippen LogP contribution in [0, 0.1) is 0 Å². The van der Waals surface area contributed by atoms with Crippen molar-refractivity contribution < 1.29 is 14.3 Å². The molecule has 2 aromatic carbocycles. The van der Waals surface area contributed by atoms with Gasteiger partial charge in [-0.15, -0.1) is 0 Å². The lowest BCUT2D eigenvalue weighted by Gasteiger charge is -2.28. The monoisotopic (exact) mass is 532 g/mol. The van der Waals surface area contributed by atoms with Crippen molar-refractivity contribution in [1.82, 2.24) is 24.4 Å². The van der Waals surface area contributed by atoms with Crippen LogP contribution in [0.5, 0.6) is 5.75 Å². The molecular formula is C28H36N8O3. The maximum absolute atomic E-state index is 12.3. The Labute approximate surface area is 228 Å². The van der Waals surface area contributed by atoms with Gasteiger partial charge in [0.25, 0.3) is 0 Å². The lowest BCUT2D eigenvalue weighted by atomic mass is 10.2. The lowest BCUT2D eigenvalue weighted by Crippen LogP contribution is -2.38. The summed E-state index contributed by atoms with van der Waals surface area (Å²) in [5.41, 5.74) is 10.4. The number of imidazole rings is 1. The number of carbonyl (C=O) groups excluding carboxylic acids is 1. The first-order chi connectivity index (χ1) is 18.5. The van der Waals surface area contributed by atoms with Crippen LogP contribution in [-0.2, 0) is 11.8 Å². The summed E-state index contributed by atoms with van der Waals surface area (Å²) in [6, 6.07) is 13.4. The fraction of sp³-hybridized carbons (Fsp3) is 0.357. The predicted molar refractivity (Wildman–Crippen MR) is 155 cm³/mol. The number of nitrogens with two attached hydrogens (primary N) is 1. The smallest absolute Gasteiger partial charge is 0.410 e. The predicted octanol–water partition coefficient (Wildman–Crippen LogP) is 4.67. The second kappa shape index (κ2) is 11.1. The molecule has 1 amide bonds. The minimum Gasteiger partial charge on any atom is -0.494 e. The number of hydrogen-bond donors (Lipinski definition) is 2. The number of benzene rings is 2. The highest BCUT2D eigenvalue weighted by atomic mass is 16.6. The molecule has 4 aromatic rings. The molecule has 11 nitrogen and oxygen atoms in total. The summed E-state index contributed by atoms with van der Waals surface area (Å²) in [7, 11) is 7.17. The van der Waals surface area contributed by atoms with E-state index in [0.29, 0.717) is 41.9 Å². The molecule has 0 fully saturated rings. The molecule has 2 heterocycles. The van der Waals surface area contributed by atoms with Crippen molar-refractivity contribution in [2.75, 3.05) is 50.2 Å². The number of nitrogen functional groups attached to an aromatic ring is 1. The Morgan fingerprint density at radius 3 is 2.54 bits per heavy atom. The van der Waals surface area contributed by atoms with Gasteiger partial charge in [0.1, 0.15) is 17.0 Å². The number of anilines is 4. The van der Waals surface area contributed by atoms with Gasteiger partial charge in [0.2, 0.25) is 5.95 Å². The third-order valence-corrected chi connectivity index (χ3v) is 6.15. The number of nitrogens with zero attached hydrogens (tertiary/aromatic N) is 6. The second-order valence-electron chi connectivity index (χ2n) is 10.3. The van der Waals surface area contributed by atoms with Gasteiger partial charge < -0.3 is 34.9 Å². The highest BCUT2D eigenvalue weighted by Crippen LogP contribution is 2.36. The van der Waals surface area contributed by atoms with Crippen LogP contribution in [0.3, 0.4) is 0 Å². The Morgan fingerprint density at radius 1 is 1.10 bits per heavy atom. The number of likely N-dealkylation sites (N-methyl/N-ethyl adjacent to an activating group) is 2. The van der Waals surface area contributed by atoms with Crippen molar-refractivity contribution in [3.05, 3.63) is 48.7 Å². The molecule has 0 aliphatic heterocycles. The van der Waals surface area contributed by atoms with Crippen molar-refractivity contribution in [3.63, 3.8) is 0 Å². The van der Waals surface area contributed by atoms with E-state index in [4.69, 9.17) is 20.2 Å². The van der Waals surface area contributed by atoms with Crippen LogP contribution in [-0.4, -0.2) is 70.4 Å². The molecule has 2 aromatic heterocycles. The summed E-state index contributed by atoms with van der Waals surface area (Å²) in [6.45, 7) is 6.52.